The minimum Gasteiger partial charge on any atom is -0.395 e. The van der Waals surface area contributed by atoms with Gasteiger partial charge in [0.1, 0.15) is 0 Å². The maximum atomic E-state index is 8.82. The van der Waals surface area contributed by atoms with Crippen LogP contribution in [-0.4, -0.2) is 24.0 Å². The molecule has 0 spiro atoms. The van der Waals surface area contributed by atoms with Crippen LogP contribution >= 0.6 is 27.7 Å². The third-order valence-corrected chi connectivity index (χ3v) is 4.13. The highest BCUT2D eigenvalue weighted by Crippen LogP contribution is 2.37. The lowest BCUT2D eigenvalue weighted by Gasteiger charge is -2.26. The van der Waals surface area contributed by atoms with Gasteiger partial charge in [0.05, 0.1) is 6.61 Å². The average molecular weight is 288 g/mol. The summed E-state index contributed by atoms with van der Waals surface area (Å²) in [6, 6.07) is 6.82. The van der Waals surface area contributed by atoms with E-state index in [-0.39, 0.29) is 6.61 Å². The van der Waals surface area contributed by atoms with Gasteiger partial charge in [-0.25, -0.2) is 0 Å². The molecule has 15 heavy (non-hydrogen) atoms. The van der Waals surface area contributed by atoms with Gasteiger partial charge in [-0.2, -0.15) is 0 Å². The molecule has 0 saturated heterocycles. The van der Waals surface area contributed by atoms with Gasteiger partial charge in [0.15, 0.2) is 0 Å². The number of benzene rings is 1. The van der Waals surface area contributed by atoms with Crippen molar-refractivity contribution in [2.75, 3.05) is 18.9 Å². The first-order chi connectivity index (χ1) is 7.31. The molecular weight excluding hydrogens is 274 g/mol. The molecule has 1 unspecified atom stereocenters. The van der Waals surface area contributed by atoms with E-state index in [1.807, 2.05) is 11.8 Å². The first-order valence-electron chi connectivity index (χ1n) is 5.08. The van der Waals surface area contributed by atoms with Crippen LogP contribution < -0.4 is 5.32 Å². The number of fused-ring (bicyclic) bond motifs is 1. The van der Waals surface area contributed by atoms with Crippen molar-refractivity contribution in [2.45, 2.75) is 17.4 Å². The summed E-state index contributed by atoms with van der Waals surface area (Å²) in [5, 5.41) is 12.2. The van der Waals surface area contributed by atoms with E-state index in [9.17, 15) is 0 Å². The lowest BCUT2D eigenvalue weighted by Crippen LogP contribution is -2.27. The molecular formula is C11H14BrNOS. The second-order valence-corrected chi connectivity index (χ2v) is 5.60. The molecule has 1 heterocycles. The van der Waals surface area contributed by atoms with E-state index >= 15 is 0 Å². The SMILES string of the molecule is OCCNC1CCSc2ccc(Br)cc21. The Morgan fingerprint density at radius 2 is 2.40 bits per heavy atom. The van der Waals surface area contributed by atoms with Crippen molar-refractivity contribution in [2.24, 2.45) is 0 Å². The maximum Gasteiger partial charge on any atom is 0.0556 e. The predicted octanol–water partition coefficient (Wildman–Crippen LogP) is 2.57. The zero-order valence-corrected chi connectivity index (χ0v) is 10.8. The summed E-state index contributed by atoms with van der Waals surface area (Å²) in [5.41, 5.74) is 1.36. The van der Waals surface area contributed by atoms with Crippen molar-refractivity contribution in [3.05, 3.63) is 28.2 Å². The molecule has 82 valence electrons. The Morgan fingerprint density at radius 3 is 3.20 bits per heavy atom. The first kappa shape index (κ1) is 11.5. The van der Waals surface area contributed by atoms with Gasteiger partial charge in [-0.05, 0) is 35.9 Å². The predicted molar refractivity (Wildman–Crippen MR) is 67.3 cm³/mol. The fourth-order valence-electron chi connectivity index (χ4n) is 1.82. The van der Waals surface area contributed by atoms with Crippen LogP contribution in [0.1, 0.15) is 18.0 Å². The lowest BCUT2D eigenvalue weighted by molar-refractivity contribution is 0.283. The smallest absolute Gasteiger partial charge is 0.0556 e. The summed E-state index contributed by atoms with van der Waals surface area (Å²) < 4.78 is 1.12. The van der Waals surface area contributed by atoms with E-state index in [1.165, 1.54) is 10.5 Å². The van der Waals surface area contributed by atoms with Crippen LogP contribution in [0, 0.1) is 0 Å². The highest BCUT2D eigenvalue weighted by molar-refractivity contribution is 9.10. The summed E-state index contributed by atoms with van der Waals surface area (Å²) in [7, 11) is 0. The van der Waals surface area contributed by atoms with E-state index in [1.54, 1.807) is 0 Å². The fraction of sp³-hybridized carbons (Fsp3) is 0.455. The molecule has 2 nitrogen and oxygen atoms in total. The highest BCUT2D eigenvalue weighted by Gasteiger charge is 2.19. The molecule has 4 heteroatoms. The van der Waals surface area contributed by atoms with Gasteiger partial charge >= 0.3 is 0 Å². The zero-order valence-electron chi connectivity index (χ0n) is 8.37. The van der Waals surface area contributed by atoms with Gasteiger partial charge in [0.2, 0.25) is 0 Å². The second kappa shape index (κ2) is 5.34. The molecule has 2 rings (SSSR count). The molecule has 0 aromatic heterocycles. The zero-order chi connectivity index (χ0) is 10.7. The molecule has 1 aliphatic rings. The second-order valence-electron chi connectivity index (χ2n) is 3.55. The molecule has 0 saturated carbocycles. The minimum absolute atomic E-state index is 0.201. The van der Waals surface area contributed by atoms with E-state index in [0.29, 0.717) is 12.6 Å². The third kappa shape index (κ3) is 2.75. The number of halogens is 1. The van der Waals surface area contributed by atoms with Crippen LogP contribution in [0.25, 0.3) is 0 Å². The standard InChI is InChI=1S/C11H14BrNOS/c12-8-1-2-11-9(7-8)10(3-6-15-11)13-4-5-14/h1-2,7,10,13-14H,3-6H2. The van der Waals surface area contributed by atoms with Crippen molar-refractivity contribution < 1.29 is 5.11 Å². The van der Waals surface area contributed by atoms with Gasteiger partial charge in [-0.15, -0.1) is 11.8 Å². The van der Waals surface area contributed by atoms with Crippen LogP contribution in [0.4, 0.5) is 0 Å². The van der Waals surface area contributed by atoms with E-state index in [0.717, 1.165) is 16.6 Å². The summed E-state index contributed by atoms with van der Waals surface area (Å²) in [5.74, 6) is 1.15. The molecule has 0 fully saturated rings. The van der Waals surface area contributed by atoms with Crippen molar-refractivity contribution in [3.63, 3.8) is 0 Å². The summed E-state index contributed by atoms with van der Waals surface area (Å²) in [6.07, 6.45) is 1.13. The van der Waals surface area contributed by atoms with Gasteiger partial charge in [-0.3, -0.25) is 0 Å². The monoisotopic (exact) mass is 287 g/mol. The van der Waals surface area contributed by atoms with Crippen LogP contribution in [-0.2, 0) is 0 Å². The molecule has 1 aliphatic heterocycles. The quantitative estimate of drug-likeness (QED) is 0.896. The number of hydrogen-bond donors (Lipinski definition) is 2. The van der Waals surface area contributed by atoms with Crippen molar-refractivity contribution in [3.8, 4) is 0 Å². The molecule has 1 aromatic carbocycles. The van der Waals surface area contributed by atoms with Crippen LogP contribution in [0.15, 0.2) is 27.6 Å². The maximum absolute atomic E-state index is 8.82. The number of nitrogens with one attached hydrogen (secondary N) is 1. The number of thioether (sulfide) groups is 1. The summed E-state index contributed by atoms with van der Waals surface area (Å²) in [4.78, 5) is 1.36. The minimum atomic E-state index is 0.201. The Kier molecular flexibility index (Phi) is 4.08. The van der Waals surface area contributed by atoms with E-state index in [2.05, 4.69) is 39.4 Å². The van der Waals surface area contributed by atoms with Crippen molar-refractivity contribution in [1.29, 1.82) is 0 Å². The van der Waals surface area contributed by atoms with E-state index < -0.39 is 0 Å². The topological polar surface area (TPSA) is 32.3 Å². The normalized spacial score (nSPS) is 20.0. The largest absolute Gasteiger partial charge is 0.395 e. The summed E-state index contributed by atoms with van der Waals surface area (Å²) in [6.45, 7) is 0.869. The Balaban J connectivity index is 2.20. The summed E-state index contributed by atoms with van der Waals surface area (Å²) >= 11 is 5.41. The molecule has 0 radical (unpaired) electrons. The Bertz CT molecular complexity index is 345. The first-order valence-corrected chi connectivity index (χ1v) is 6.85. The van der Waals surface area contributed by atoms with Crippen molar-refractivity contribution in [1.82, 2.24) is 5.32 Å². The van der Waals surface area contributed by atoms with Crippen LogP contribution in [0.2, 0.25) is 0 Å². The molecule has 0 aliphatic carbocycles. The number of aliphatic hydroxyl groups excluding tert-OH is 1. The fourth-order valence-corrected chi connectivity index (χ4v) is 3.30. The third-order valence-electron chi connectivity index (χ3n) is 2.51. The van der Waals surface area contributed by atoms with Gasteiger partial charge in [-0.1, -0.05) is 15.9 Å². The Morgan fingerprint density at radius 1 is 1.53 bits per heavy atom. The number of hydrogen-bond acceptors (Lipinski definition) is 3. The van der Waals surface area contributed by atoms with Crippen LogP contribution in [0.3, 0.4) is 0 Å². The van der Waals surface area contributed by atoms with Crippen molar-refractivity contribution >= 4 is 27.7 Å². The lowest BCUT2D eigenvalue weighted by atomic mass is 10.0. The molecule has 1 aromatic rings. The molecule has 2 N–H and O–H groups in total. The average Bonchev–Trinajstić information content (AvgIpc) is 2.26. The van der Waals surface area contributed by atoms with Gasteiger partial charge in [0, 0.05) is 22.0 Å². The Labute approximate surface area is 103 Å². The van der Waals surface area contributed by atoms with Gasteiger partial charge in [0.25, 0.3) is 0 Å². The van der Waals surface area contributed by atoms with Crippen LogP contribution in [0.5, 0.6) is 0 Å². The number of aliphatic hydroxyl groups is 1. The Hall–Kier alpha value is -0.0300. The molecule has 0 amide bonds. The number of rotatable bonds is 3. The molecule has 0 bridgehead atoms. The highest BCUT2D eigenvalue weighted by atomic mass is 79.9. The van der Waals surface area contributed by atoms with E-state index in [4.69, 9.17) is 5.11 Å². The molecule has 1 atom stereocenters. The van der Waals surface area contributed by atoms with Gasteiger partial charge < -0.3 is 10.4 Å².